The van der Waals surface area contributed by atoms with Crippen LogP contribution in [0.15, 0.2) is 0 Å². The Labute approximate surface area is 141 Å². The van der Waals surface area contributed by atoms with Gasteiger partial charge in [0.25, 0.3) is 0 Å². The summed E-state index contributed by atoms with van der Waals surface area (Å²) >= 11 is 0. The highest BCUT2D eigenvalue weighted by Crippen LogP contribution is 2.10. The molecule has 0 aliphatic heterocycles. The Balaban J connectivity index is 4.45. The number of rotatable bonds is 12. The van der Waals surface area contributed by atoms with E-state index in [4.69, 9.17) is 4.74 Å². The second kappa shape index (κ2) is 11.4. The van der Waals surface area contributed by atoms with Gasteiger partial charge in [-0.25, -0.2) is 4.58 Å². The molecule has 23 heavy (non-hydrogen) atoms. The van der Waals surface area contributed by atoms with Gasteiger partial charge in [-0.2, -0.15) is 0 Å². The molecule has 0 aromatic rings. The fraction of sp³-hybridized carbons (Fsp3) is 0.824. The highest BCUT2D eigenvalue weighted by atomic mass is 28.3. The van der Waals surface area contributed by atoms with Crippen molar-refractivity contribution >= 4 is 26.2 Å². The largest absolute Gasteiger partial charge is 0.481 e. The Bertz CT molecular complexity index is 394. The zero-order valence-electron chi connectivity index (χ0n) is 15.4. The van der Waals surface area contributed by atoms with Gasteiger partial charge in [-0.05, 0) is 12.5 Å². The van der Waals surface area contributed by atoms with Crippen LogP contribution < -0.4 is 0 Å². The van der Waals surface area contributed by atoms with E-state index in [1.54, 1.807) is 6.21 Å². The molecule has 1 atom stereocenters. The molecule has 1 N–H and O–H groups in total. The van der Waals surface area contributed by atoms with Crippen LogP contribution in [0.25, 0.3) is 0 Å². The molecule has 5 nitrogen and oxygen atoms in total. The molecule has 0 aliphatic carbocycles. The van der Waals surface area contributed by atoms with Crippen molar-refractivity contribution in [1.82, 2.24) is 0 Å². The first-order valence-electron chi connectivity index (χ1n) is 8.67. The third-order valence-electron chi connectivity index (χ3n) is 3.50. The zero-order chi connectivity index (χ0) is 17.9. The molecular weight excluding hydrogens is 310 g/mol. The van der Waals surface area contributed by atoms with E-state index in [2.05, 4.69) is 38.1 Å². The number of ether oxygens (including phenoxy) is 1. The van der Waals surface area contributed by atoms with Gasteiger partial charge < -0.3 is 9.84 Å². The number of hydrogen-bond donors (Lipinski definition) is 1. The van der Waals surface area contributed by atoms with Gasteiger partial charge in [0, 0.05) is 27.3 Å². The summed E-state index contributed by atoms with van der Waals surface area (Å²) in [5, 5.41) is 9.35. The van der Waals surface area contributed by atoms with Crippen molar-refractivity contribution in [3.63, 3.8) is 0 Å². The van der Waals surface area contributed by atoms with Crippen LogP contribution in [0.4, 0.5) is 0 Å². The summed E-state index contributed by atoms with van der Waals surface area (Å²) in [6.45, 7) is 13.0. The summed E-state index contributed by atoms with van der Waals surface area (Å²) in [4.78, 5) is 23.2. The minimum atomic E-state index is -1.21. The van der Waals surface area contributed by atoms with Gasteiger partial charge in [0.2, 0.25) is 0 Å². The molecule has 0 fully saturated rings. The normalized spacial score (nSPS) is 12.6. The number of aliphatic carboxylic acids is 1. The lowest BCUT2D eigenvalue weighted by atomic mass is 10.0. The van der Waals surface area contributed by atoms with Crippen LogP contribution in [-0.4, -0.2) is 55.6 Å². The van der Waals surface area contributed by atoms with Crippen LogP contribution in [0.1, 0.15) is 39.5 Å². The van der Waals surface area contributed by atoms with Crippen LogP contribution in [0.2, 0.25) is 25.7 Å². The minimum absolute atomic E-state index is 0.158. The Morgan fingerprint density at radius 3 is 2.17 bits per heavy atom. The van der Waals surface area contributed by atoms with Crippen molar-refractivity contribution in [2.45, 2.75) is 65.2 Å². The van der Waals surface area contributed by atoms with Crippen LogP contribution in [0, 0.1) is 5.92 Å². The third kappa shape index (κ3) is 12.0. The lowest BCUT2D eigenvalue weighted by Gasteiger charge is -2.15. The van der Waals surface area contributed by atoms with E-state index in [1.165, 1.54) is 0 Å². The maximum absolute atomic E-state index is 11.8. The van der Waals surface area contributed by atoms with Crippen molar-refractivity contribution in [2.75, 3.05) is 19.7 Å². The van der Waals surface area contributed by atoms with Crippen LogP contribution in [0.3, 0.4) is 0 Å². The van der Waals surface area contributed by atoms with Crippen LogP contribution >= 0.6 is 0 Å². The standard InChI is InChI=1S/C17H33NO4Si/c1-6-10-18(11-7-2)14-15(17(20)21)8-9-16(19)22-12-13-23(3,4)5/h14-15H,6-13H2,1-5H3/p+1. The number of esters is 1. The second-order valence-corrected chi connectivity index (χ2v) is 12.8. The number of carbonyl (C=O) groups excluding carboxylic acids is 1. The smallest absolute Gasteiger partial charge is 0.316 e. The maximum Gasteiger partial charge on any atom is 0.316 e. The minimum Gasteiger partial charge on any atom is -0.481 e. The topological polar surface area (TPSA) is 66.6 Å². The van der Waals surface area contributed by atoms with Gasteiger partial charge in [0.1, 0.15) is 19.0 Å². The molecule has 0 bridgehead atoms. The maximum atomic E-state index is 11.8. The van der Waals surface area contributed by atoms with Gasteiger partial charge in [-0.15, -0.1) is 0 Å². The Hall–Kier alpha value is -1.17. The van der Waals surface area contributed by atoms with Crippen molar-refractivity contribution in [1.29, 1.82) is 0 Å². The molecule has 0 aromatic heterocycles. The van der Waals surface area contributed by atoms with E-state index < -0.39 is 20.0 Å². The number of carboxylic acid groups (broad SMARTS) is 1. The first kappa shape index (κ1) is 21.8. The summed E-state index contributed by atoms with van der Waals surface area (Å²) in [5.74, 6) is -1.80. The van der Waals surface area contributed by atoms with Crippen molar-refractivity contribution in [3.8, 4) is 0 Å². The predicted molar refractivity (Wildman–Crippen MR) is 96.1 cm³/mol. The van der Waals surface area contributed by atoms with E-state index in [1.807, 2.05) is 0 Å². The Morgan fingerprint density at radius 1 is 1.17 bits per heavy atom. The number of carboxylic acids is 1. The van der Waals surface area contributed by atoms with Gasteiger partial charge >= 0.3 is 11.9 Å². The summed E-state index contributed by atoms with van der Waals surface area (Å²) < 4.78 is 7.27. The van der Waals surface area contributed by atoms with E-state index in [-0.39, 0.29) is 12.4 Å². The lowest BCUT2D eigenvalue weighted by molar-refractivity contribution is -0.525. The van der Waals surface area contributed by atoms with Crippen molar-refractivity contribution in [2.24, 2.45) is 5.92 Å². The van der Waals surface area contributed by atoms with Gasteiger partial charge in [0.05, 0.1) is 6.61 Å². The molecule has 0 aliphatic rings. The molecule has 0 heterocycles. The zero-order valence-corrected chi connectivity index (χ0v) is 16.4. The quantitative estimate of drug-likeness (QED) is 0.255. The number of carbonyl (C=O) groups is 2. The Morgan fingerprint density at radius 2 is 1.74 bits per heavy atom. The van der Waals surface area contributed by atoms with Gasteiger partial charge in [0.15, 0.2) is 6.21 Å². The molecule has 134 valence electrons. The summed E-state index contributed by atoms with van der Waals surface area (Å²) in [6, 6.07) is 0.938. The van der Waals surface area contributed by atoms with E-state index in [9.17, 15) is 14.7 Å². The first-order valence-corrected chi connectivity index (χ1v) is 12.4. The average molecular weight is 345 g/mol. The predicted octanol–water partition coefficient (Wildman–Crippen LogP) is 3.25. The average Bonchev–Trinajstić information content (AvgIpc) is 2.42. The van der Waals surface area contributed by atoms with Crippen LogP contribution in [0.5, 0.6) is 0 Å². The highest BCUT2D eigenvalue weighted by Gasteiger charge is 2.22. The molecule has 0 radical (unpaired) electrons. The highest BCUT2D eigenvalue weighted by molar-refractivity contribution is 6.76. The summed E-state index contributed by atoms with van der Waals surface area (Å²) in [6.07, 6.45) is 4.17. The summed E-state index contributed by atoms with van der Waals surface area (Å²) in [7, 11) is -1.21. The van der Waals surface area contributed by atoms with Crippen molar-refractivity contribution in [3.05, 3.63) is 0 Å². The van der Waals surface area contributed by atoms with E-state index in [0.717, 1.165) is 32.0 Å². The first-order chi connectivity index (χ1) is 10.7. The van der Waals surface area contributed by atoms with Crippen molar-refractivity contribution < 1.29 is 24.0 Å². The molecule has 0 spiro atoms. The second-order valence-electron chi connectivity index (χ2n) is 7.20. The molecule has 0 amide bonds. The molecular formula is C17H34NO4Si+. The van der Waals surface area contributed by atoms with E-state index in [0.29, 0.717) is 13.0 Å². The fourth-order valence-electron chi connectivity index (χ4n) is 2.17. The molecule has 0 saturated heterocycles. The monoisotopic (exact) mass is 344 g/mol. The molecule has 6 heteroatoms. The molecule has 0 saturated carbocycles. The van der Waals surface area contributed by atoms with E-state index >= 15 is 0 Å². The van der Waals surface area contributed by atoms with Crippen LogP contribution in [-0.2, 0) is 14.3 Å². The fourth-order valence-corrected chi connectivity index (χ4v) is 2.88. The molecule has 0 aromatic carbocycles. The Kier molecular flexibility index (Phi) is 10.8. The van der Waals surface area contributed by atoms with Gasteiger partial charge in [-0.1, -0.05) is 33.5 Å². The summed E-state index contributed by atoms with van der Waals surface area (Å²) in [5.41, 5.74) is 0. The number of nitrogens with zero attached hydrogens (tertiary/aromatic N) is 1. The molecule has 1 unspecified atom stereocenters. The lowest BCUT2D eigenvalue weighted by Crippen LogP contribution is -2.26. The SMILES string of the molecule is CCC[N+](=CC(CCC(=O)OCC[Si](C)(C)C)C(=O)O)CCC. The third-order valence-corrected chi connectivity index (χ3v) is 5.21. The van der Waals surface area contributed by atoms with Gasteiger partial charge in [-0.3, -0.25) is 9.59 Å². The number of hydrogen-bond acceptors (Lipinski definition) is 3. The molecule has 0 rings (SSSR count).